The summed E-state index contributed by atoms with van der Waals surface area (Å²) in [6.45, 7) is 6.09. The van der Waals surface area contributed by atoms with Crippen LogP contribution in [0.25, 0.3) is 5.69 Å². The zero-order chi connectivity index (χ0) is 21.3. The summed E-state index contributed by atoms with van der Waals surface area (Å²) in [6.07, 6.45) is 3.99. The van der Waals surface area contributed by atoms with Crippen LogP contribution in [0.4, 0.5) is 0 Å². The standard InChI is InChI=1S/C24H29N5S/c1-17-10-11-19(16-18(17)2)28-13-7-9-21(28)23-22(20-8-5-6-12-25-20)26-24(30)29(23)15-14-27(3)4/h5-13,16,22-23H,14-15H2,1-4H3,(H,26,30). The molecule has 1 N–H and O–H groups in total. The minimum Gasteiger partial charge on any atom is -0.352 e. The lowest BCUT2D eigenvalue weighted by Crippen LogP contribution is -2.36. The summed E-state index contributed by atoms with van der Waals surface area (Å²) in [6, 6.07) is 17.1. The van der Waals surface area contributed by atoms with Gasteiger partial charge >= 0.3 is 0 Å². The highest BCUT2D eigenvalue weighted by atomic mass is 32.1. The fourth-order valence-corrected chi connectivity index (χ4v) is 4.35. The fourth-order valence-electron chi connectivity index (χ4n) is 4.02. The molecule has 3 aromatic rings. The summed E-state index contributed by atoms with van der Waals surface area (Å²) in [5, 5.41) is 4.33. The molecule has 0 spiro atoms. The van der Waals surface area contributed by atoms with Crippen LogP contribution in [-0.2, 0) is 0 Å². The molecule has 1 saturated heterocycles. The molecule has 4 rings (SSSR count). The van der Waals surface area contributed by atoms with E-state index in [-0.39, 0.29) is 12.1 Å². The van der Waals surface area contributed by atoms with Crippen molar-refractivity contribution in [3.63, 3.8) is 0 Å². The van der Waals surface area contributed by atoms with Gasteiger partial charge in [-0.2, -0.15) is 0 Å². The van der Waals surface area contributed by atoms with Crippen molar-refractivity contribution >= 4 is 17.3 Å². The Morgan fingerprint density at radius 2 is 1.90 bits per heavy atom. The third kappa shape index (κ3) is 3.98. The van der Waals surface area contributed by atoms with E-state index in [0.717, 1.165) is 23.9 Å². The number of hydrogen-bond donors (Lipinski definition) is 1. The predicted molar refractivity (Wildman–Crippen MR) is 126 cm³/mol. The second-order valence-corrected chi connectivity index (χ2v) is 8.58. The molecule has 156 valence electrons. The van der Waals surface area contributed by atoms with E-state index in [1.54, 1.807) is 0 Å². The molecule has 6 heteroatoms. The largest absolute Gasteiger partial charge is 0.352 e. The predicted octanol–water partition coefficient (Wildman–Crippen LogP) is 4.02. The van der Waals surface area contributed by atoms with Crippen LogP contribution in [-0.4, -0.2) is 51.6 Å². The Labute approximate surface area is 184 Å². The van der Waals surface area contributed by atoms with Crippen LogP contribution >= 0.6 is 12.2 Å². The number of hydrogen-bond acceptors (Lipinski definition) is 3. The minimum absolute atomic E-state index is 0.000979. The highest BCUT2D eigenvalue weighted by Gasteiger charge is 2.41. The number of nitrogens with zero attached hydrogens (tertiary/aromatic N) is 4. The van der Waals surface area contributed by atoms with Crippen LogP contribution in [0, 0.1) is 13.8 Å². The normalized spacial score (nSPS) is 18.8. The van der Waals surface area contributed by atoms with Gasteiger partial charge in [-0.1, -0.05) is 12.1 Å². The summed E-state index contributed by atoms with van der Waals surface area (Å²) < 4.78 is 2.28. The zero-order valence-corrected chi connectivity index (χ0v) is 18.9. The summed E-state index contributed by atoms with van der Waals surface area (Å²) >= 11 is 5.78. The van der Waals surface area contributed by atoms with Gasteiger partial charge < -0.3 is 19.7 Å². The third-order valence-corrected chi connectivity index (χ3v) is 6.19. The van der Waals surface area contributed by atoms with Gasteiger partial charge in [-0.25, -0.2) is 0 Å². The van der Waals surface area contributed by atoms with E-state index >= 15 is 0 Å². The lowest BCUT2D eigenvalue weighted by atomic mass is 10.0. The van der Waals surface area contributed by atoms with Crippen molar-refractivity contribution in [2.75, 3.05) is 27.2 Å². The smallest absolute Gasteiger partial charge is 0.170 e. The van der Waals surface area contributed by atoms with Crippen molar-refractivity contribution in [1.82, 2.24) is 24.7 Å². The number of rotatable bonds is 6. The maximum atomic E-state index is 5.78. The SMILES string of the molecule is Cc1ccc(-n2cccc2C2C(c3ccccn3)NC(=S)N2CCN(C)C)cc1C. The molecule has 1 fully saturated rings. The Bertz CT molecular complexity index is 1030. The highest BCUT2D eigenvalue weighted by Crippen LogP contribution is 2.39. The van der Waals surface area contributed by atoms with Crippen molar-refractivity contribution < 1.29 is 0 Å². The topological polar surface area (TPSA) is 36.3 Å². The van der Waals surface area contributed by atoms with Crippen LogP contribution < -0.4 is 5.32 Å². The van der Waals surface area contributed by atoms with E-state index in [0.29, 0.717) is 0 Å². The van der Waals surface area contributed by atoms with Gasteiger partial charge in [0.05, 0.1) is 17.8 Å². The molecule has 0 radical (unpaired) electrons. The number of nitrogens with one attached hydrogen (secondary N) is 1. The van der Waals surface area contributed by atoms with Gasteiger partial charge in [0, 0.05) is 36.9 Å². The maximum Gasteiger partial charge on any atom is 0.170 e. The Kier molecular flexibility index (Phi) is 5.88. The molecule has 0 saturated carbocycles. The molecule has 1 aliphatic heterocycles. The monoisotopic (exact) mass is 419 g/mol. The van der Waals surface area contributed by atoms with Crippen LogP contribution in [0.5, 0.6) is 0 Å². The van der Waals surface area contributed by atoms with Crippen LogP contribution in [0.3, 0.4) is 0 Å². The summed E-state index contributed by atoms with van der Waals surface area (Å²) in [4.78, 5) is 9.14. The van der Waals surface area contributed by atoms with Gasteiger partial charge in [-0.3, -0.25) is 4.98 Å². The van der Waals surface area contributed by atoms with Crippen LogP contribution in [0.1, 0.15) is 34.6 Å². The van der Waals surface area contributed by atoms with E-state index < -0.39 is 0 Å². The van der Waals surface area contributed by atoms with Crippen LogP contribution in [0.15, 0.2) is 60.9 Å². The summed E-state index contributed by atoms with van der Waals surface area (Å²) in [5.74, 6) is 0. The molecule has 3 heterocycles. The molecule has 1 aromatic carbocycles. The van der Waals surface area contributed by atoms with E-state index in [1.807, 2.05) is 18.3 Å². The molecule has 5 nitrogen and oxygen atoms in total. The molecular weight excluding hydrogens is 390 g/mol. The maximum absolute atomic E-state index is 5.78. The number of likely N-dealkylation sites (N-methyl/N-ethyl adjacent to an activating group) is 1. The van der Waals surface area contributed by atoms with E-state index in [4.69, 9.17) is 12.2 Å². The van der Waals surface area contributed by atoms with Crippen molar-refractivity contribution in [3.8, 4) is 5.69 Å². The first kappa shape index (κ1) is 20.6. The highest BCUT2D eigenvalue weighted by molar-refractivity contribution is 7.80. The van der Waals surface area contributed by atoms with E-state index in [2.05, 4.69) is 95.2 Å². The molecule has 2 aromatic heterocycles. The first-order valence-corrected chi connectivity index (χ1v) is 10.7. The molecule has 2 atom stereocenters. The zero-order valence-electron chi connectivity index (χ0n) is 18.0. The molecule has 0 aliphatic carbocycles. The first-order chi connectivity index (χ1) is 14.5. The average Bonchev–Trinajstić information content (AvgIpc) is 3.33. The second-order valence-electron chi connectivity index (χ2n) is 8.19. The van der Waals surface area contributed by atoms with E-state index in [1.165, 1.54) is 22.5 Å². The van der Waals surface area contributed by atoms with Gasteiger partial charge in [0.2, 0.25) is 0 Å². The Balaban J connectivity index is 1.78. The van der Waals surface area contributed by atoms with Crippen molar-refractivity contribution in [2.24, 2.45) is 0 Å². The average molecular weight is 420 g/mol. The molecule has 2 unspecified atom stereocenters. The Morgan fingerprint density at radius 3 is 2.60 bits per heavy atom. The quantitative estimate of drug-likeness (QED) is 0.611. The third-order valence-electron chi connectivity index (χ3n) is 5.84. The second kappa shape index (κ2) is 8.58. The summed E-state index contributed by atoms with van der Waals surface area (Å²) in [5.41, 5.74) is 5.97. The first-order valence-electron chi connectivity index (χ1n) is 10.3. The van der Waals surface area contributed by atoms with E-state index in [9.17, 15) is 0 Å². The van der Waals surface area contributed by atoms with Gasteiger partial charge in [-0.15, -0.1) is 0 Å². The van der Waals surface area contributed by atoms with Gasteiger partial charge in [-0.05, 0) is 87.7 Å². The number of aromatic nitrogens is 2. The minimum atomic E-state index is 0.000979. The lowest BCUT2D eigenvalue weighted by Gasteiger charge is -2.30. The molecular formula is C24H29N5S. The lowest BCUT2D eigenvalue weighted by molar-refractivity contribution is 0.272. The van der Waals surface area contributed by atoms with Crippen molar-refractivity contribution in [1.29, 1.82) is 0 Å². The number of pyridine rings is 1. The number of aryl methyl sites for hydroxylation is 2. The van der Waals surface area contributed by atoms with Crippen molar-refractivity contribution in [2.45, 2.75) is 25.9 Å². The number of benzene rings is 1. The van der Waals surface area contributed by atoms with Crippen molar-refractivity contribution in [3.05, 3.63) is 83.4 Å². The van der Waals surface area contributed by atoms with Crippen LogP contribution in [0.2, 0.25) is 0 Å². The summed E-state index contributed by atoms with van der Waals surface area (Å²) in [7, 11) is 4.19. The molecule has 0 bridgehead atoms. The molecule has 30 heavy (non-hydrogen) atoms. The van der Waals surface area contributed by atoms with Gasteiger partial charge in [0.15, 0.2) is 5.11 Å². The van der Waals surface area contributed by atoms with Gasteiger partial charge in [0.25, 0.3) is 0 Å². The van der Waals surface area contributed by atoms with Gasteiger partial charge in [0.1, 0.15) is 0 Å². The fraction of sp³-hybridized carbons (Fsp3) is 0.333. The Morgan fingerprint density at radius 1 is 1.07 bits per heavy atom. The Hall–Kier alpha value is -2.70. The molecule has 1 aliphatic rings. The molecule has 0 amide bonds. The number of thiocarbonyl (C=S) groups is 1.